The van der Waals surface area contributed by atoms with E-state index in [0.29, 0.717) is 17.2 Å². The molecule has 0 fully saturated rings. The van der Waals surface area contributed by atoms with Gasteiger partial charge in [-0.1, -0.05) is 6.07 Å². The largest absolute Gasteiger partial charge is 0.346 e. The second-order valence-electron chi connectivity index (χ2n) is 5.49. The van der Waals surface area contributed by atoms with E-state index in [1.807, 2.05) is 6.07 Å². The molecule has 0 unspecified atom stereocenters. The minimum Gasteiger partial charge on any atom is -0.336 e. The Morgan fingerprint density at radius 2 is 1.96 bits per heavy atom. The molecular weight excluding hydrogens is 339 g/mol. The van der Waals surface area contributed by atoms with E-state index < -0.39 is 6.03 Å². The Labute approximate surface area is 148 Å². The minimum atomic E-state index is -0.453. The lowest BCUT2D eigenvalue weighted by molar-refractivity contribution is 0.251. The Morgan fingerprint density at radius 3 is 2.65 bits per heavy atom. The quantitative estimate of drug-likeness (QED) is 0.726. The molecule has 3 rings (SSSR count). The van der Waals surface area contributed by atoms with Crippen LogP contribution in [0.3, 0.4) is 0 Å². The van der Waals surface area contributed by atoms with Crippen LogP contribution in [0, 0.1) is 5.82 Å². The summed E-state index contributed by atoms with van der Waals surface area (Å²) >= 11 is 0. The standard InChI is InChI=1S/C17H17FN6O2/c1-23-15(14-4-2-3-9-19-14)22-24(17(23)26)11-10-20-16(25)21-13-7-5-12(18)6-8-13/h2-9H,10-11H2,1H3,(H2,20,21,25). The highest BCUT2D eigenvalue weighted by Gasteiger charge is 2.12. The number of benzene rings is 1. The Morgan fingerprint density at radius 1 is 1.19 bits per heavy atom. The molecule has 3 aromatic rings. The predicted molar refractivity (Wildman–Crippen MR) is 94.1 cm³/mol. The van der Waals surface area contributed by atoms with Crippen LogP contribution in [0.4, 0.5) is 14.9 Å². The highest BCUT2D eigenvalue weighted by Crippen LogP contribution is 2.10. The average Bonchev–Trinajstić information content (AvgIpc) is 2.93. The zero-order valence-corrected chi connectivity index (χ0v) is 14.0. The Balaban J connectivity index is 1.59. The second-order valence-corrected chi connectivity index (χ2v) is 5.49. The van der Waals surface area contributed by atoms with Crippen molar-refractivity contribution in [2.24, 2.45) is 7.05 Å². The van der Waals surface area contributed by atoms with Crippen molar-refractivity contribution in [1.82, 2.24) is 24.6 Å². The summed E-state index contributed by atoms with van der Waals surface area (Å²) in [6.45, 7) is 0.405. The van der Waals surface area contributed by atoms with Crippen LogP contribution < -0.4 is 16.3 Å². The molecule has 1 aromatic carbocycles. The summed E-state index contributed by atoms with van der Waals surface area (Å²) in [6, 6.07) is 10.3. The summed E-state index contributed by atoms with van der Waals surface area (Å²) in [5.41, 5.74) is 0.760. The number of nitrogens with one attached hydrogen (secondary N) is 2. The van der Waals surface area contributed by atoms with Gasteiger partial charge in [0, 0.05) is 25.5 Å². The van der Waals surface area contributed by atoms with Crippen LogP contribution in [0.25, 0.3) is 11.5 Å². The maximum Gasteiger partial charge on any atom is 0.346 e. The van der Waals surface area contributed by atoms with Crippen molar-refractivity contribution in [3.05, 3.63) is 65.0 Å². The smallest absolute Gasteiger partial charge is 0.336 e. The molecule has 26 heavy (non-hydrogen) atoms. The van der Waals surface area contributed by atoms with E-state index in [1.54, 1.807) is 25.4 Å². The van der Waals surface area contributed by atoms with Gasteiger partial charge in [0.25, 0.3) is 0 Å². The van der Waals surface area contributed by atoms with Gasteiger partial charge >= 0.3 is 11.7 Å². The van der Waals surface area contributed by atoms with Crippen molar-refractivity contribution in [3.8, 4) is 11.5 Å². The molecule has 0 aliphatic carbocycles. The van der Waals surface area contributed by atoms with Crippen LogP contribution in [0.2, 0.25) is 0 Å². The normalized spacial score (nSPS) is 10.5. The number of hydrogen-bond donors (Lipinski definition) is 2. The minimum absolute atomic E-state index is 0.200. The molecule has 0 atom stereocenters. The third-order valence-corrected chi connectivity index (χ3v) is 3.65. The number of nitrogens with zero attached hydrogens (tertiary/aromatic N) is 4. The zero-order valence-electron chi connectivity index (χ0n) is 14.0. The van der Waals surface area contributed by atoms with Gasteiger partial charge in [0.2, 0.25) is 0 Å². The zero-order chi connectivity index (χ0) is 18.5. The molecule has 0 saturated heterocycles. The molecule has 2 N–H and O–H groups in total. The first-order chi connectivity index (χ1) is 12.5. The van der Waals surface area contributed by atoms with Crippen molar-refractivity contribution >= 4 is 11.7 Å². The van der Waals surface area contributed by atoms with Gasteiger partial charge in [-0.25, -0.2) is 18.7 Å². The van der Waals surface area contributed by atoms with Crippen molar-refractivity contribution in [2.45, 2.75) is 6.54 Å². The number of anilines is 1. The van der Waals surface area contributed by atoms with Crippen LogP contribution in [0.15, 0.2) is 53.5 Å². The molecule has 0 aliphatic heterocycles. The number of hydrogen-bond acceptors (Lipinski definition) is 4. The first-order valence-electron chi connectivity index (χ1n) is 7.90. The number of rotatable bonds is 5. The van der Waals surface area contributed by atoms with Crippen molar-refractivity contribution in [3.63, 3.8) is 0 Å². The lowest BCUT2D eigenvalue weighted by Gasteiger charge is -2.07. The number of pyridine rings is 1. The third kappa shape index (κ3) is 3.94. The number of urea groups is 1. The van der Waals surface area contributed by atoms with Gasteiger partial charge in [0.15, 0.2) is 5.82 Å². The Bertz CT molecular complexity index is 950. The third-order valence-electron chi connectivity index (χ3n) is 3.65. The highest BCUT2D eigenvalue weighted by molar-refractivity contribution is 5.89. The molecule has 2 aromatic heterocycles. The number of carbonyl (C=O) groups is 1. The molecule has 2 heterocycles. The number of halogens is 1. The lowest BCUT2D eigenvalue weighted by atomic mass is 10.3. The summed E-state index contributed by atoms with van der Waals surface area (Å²) in [4.78, 5) is 28.2. The van der Waals surface area contributed by atoms with E-state index in [1.165, 1.54) is 33.5 Å². The monoisotopic (exact) mass is 356 g/mol. The van der Waals surface area contributed by atoms with Crippen molar-refractivity contribution in [1.29, 1.82) is 0 Å². The average molecular weight is 356 g/mol. The fourth-order valence-electron chi connectivity index (χ4n) is 2.34. The maximum atomic E-state index is 12.8. The summed E-state index contributed by atoms with van der Waals surface area (Å²) < 4.78 is 15.5. The van der Waals surface area contributed by atoms with E-state index in [4.69, 9.17) is 0 Å². The van der Waals surface area contributed by atoms with Gasteiger partial charge in [0.05, 0.1) is 6.54 Å². The van der Waals surface area contributed by atoms with Gasteiger partial charge in [0.1, 0.15) is 11.5 Å². The van der Waals surface area contributed by atoms with Gasteiger partial charge in [-0.3, -0.25) is 9.55 Å². The van der Waals surface area contributed by atoms with Gasteiger partial charge in [-0.2, -0.15) is 0 Å². The fraction of sp³-hybridized carbons (Fsp3) is 0.176. The molecular formula is C17H17FN6O2. The van der Waals surface area contributed by atoms with Gasteiger partial charge in [-0.15, -0.1) is 5.10 Å². The SMILES string of the molecule is Cn1c(-c2ccccn2)nn(CCNC(=O)Nc2ccc(F)cc2)c1=O. The summed E-state index contributed by atoms with van der Waals surface area (Å²) in [7, 11) is 1.62. The van der Waals surface area contributed by atoms with Crippen LogP contribution >= 0.6 is 0 Å². The van der Waals surface area contributed by atoms with Crippen LogP contribution in [0.1, 0.15) is 0 Å². The summed E-state index contributed by atoms with van der Waals surface area (Å²) in [5, 5.41) is 9.46. The number of carbonyl (C=O) groups excluding carboxylic acids is 1. The van der Waals surface area contributed by atoms with Crippen molar-refractivity contribution in [2.75, 3.05) is 11.9 Å². The molecule has 0 saturated carbocycles. The van der Waals surface area contributed by atoms with E-state index in [2.05, 4.69) is 20.7 Å². The van der Waals surface area contributed by atoms with E-state index >= 15 is 0 Å². The van der Waals surface area contributed by atoms with E-state index in [9.17, 15) is 14.0 Å². The molecule has 2 amide bonds. The van der Waals surface area contributed by atoms with Crippen LogP contribution in [-0.2, 0) is 13.6 Å². The summed E-state index contributed by atoms with van der Waals surface area (Å²) in [5.74, 6) is 0.0700. The van der Waals surface area contributed by atoms with Crippen LogP contribution in [-0.4, -0.2) is 31.9 Å². The molecule has 8 nitrogen and oxygen atoms in total. The second kappa shape index (κ2) is 7.60. The molecule has 134 valence electrons. The number of amides is 2. The molecule has 0 radical (unpaired) electrons. The van der Waals surface area contributed by atoms with Gasteiger partial charge < -0.3 is 10.6 Å². The predicted octanol–water partition coefficient (Wildman–Crippen LogP) is 1.60. The van der Waals surface area contributed by atoms with Gasteiger partial charge in [-0.05, 0) is 36.4 Å². The molecule has 0 spiro atoms. The number of aromatic nitrogens is 4. The maximum absolute atomic E-state index is 12.8. The van der Waals surface area contributed by atoms with E-state index in [-0.39, 0.29) is 24.6 Å². The lowest BCUT2D eigenvalue weighted by Crippen LogP contribution is -2.34. The van der Waals surface area contributed by atoms with Crippen LogP contribution in [0.5, 0.6) is 0 Å². The molecule has 0 bridgehead atoms. The Hall–Kier alpha value is -3.49. The summed E-state index contributed by atoms with van der Waals surface area (Å²) in [6.07, 6.45) is 1.63. The first-order valence-corrected chi connectivity index (χ1v) is 7.90. The molecule has 0 aliphatic rings. The first kappa shape index (κ1) is 17.3. The van der Waals surface area contributed by atoms with E-state index in [0.717, 1.165) is 0 Å². The van der Waals surface area contributed by atoms with Crippen molar-refractivity contribution < 1.29 is 9.18 Å². The molecule has 9 heteroatoms. The highest BCUT2D eigenvalue weighted by atomic mass is 19.1. The topological polar surface area (TPSA) is 93.8 Å². The Kier molecular flexibility index (Phi) is 5.07. The fourth-order valence-corrected chi connectivity index (χ4v) is 2.34.